The molecule has 1 aliphatic rings. The number of nitrogens with one attached hydrogen (secondary N) is 1. The molecule has 0 aliphatic heterocycles. The van der Waals surface area contributed by atoms with E-state index < -0.39 is 11.8 Å². The van der Waals surface area contributed by atoms with E-state index in [1.807, 2.05) is 43.4 Å². The Morgan fingerprint density at radius 1 is 1.29 bits per heavy atom. The molecule has 0 atom stereocenters. The number of carbonyl (C=O) groups excluding carboxylic acids is 2. The van der Waals surface area contributed by atoms with E-state index in [9.17, 15) is 9.59 Å². The predicted octanol–water partition coefficient (Wildman–Crippen LogP) is 1.94. The zero-order valence-electron chi connectivity index (χ0n) is 14.0. The second kappa shape index (κ2) is 6.86. The van der Waals surface area contributed by atoms with Crippen molar-refractivity contribution >= 4 is 17.6 Å². The van der Waals surface area contributed by atoms with E-state index in [-0.39, 0.29) is 0 Å². The minimum Gasteiger partial charge on any atom is -0.337 e. The molecule has 0 bridgehead atoms. The Hall–Kier alpha value is -2.63. The number of rotatable bonds is 5. The fraction of sp³-hybridized carbons (Fsp3) is 0.389. The maximum atomic E-state index is 12.2. The molecule has 1 aromatic heterocycles. The third kappa shape index (κ3) is 3.82. The average molecular weight is 326 g/mol. The number of aryl methyl sites for hydroxylation is 1. The fourth-order valence-electron chi connectivity index (χ4n) is 2.69. The van der Waals surface area contributed by atoms with Crippen LogP contribution in [0.2, 0.25) is 0 Å². The topological polar surface area (TPSA) is 67.2 Å². The van der Waals surface area contributed by atoms with Crippen LogP contribution in [0.4, 0.5) is 5.82 Å². The lowest BCUT2D eigenvalue weighted by Gasteiger charge is -2.16. The number of anilines is 1. The van der Waals surface area contributed by atoms with E-state index in [1.165, 1.54) is 4.90 Å². The Kier molecular flexibility index (Phi) is 4.64. The maximum absolute atomic E-state index is 12.2. The van der Waals surface area contributed by atoms with Gasteiger partial charge in [0, 0.05) is 38.3 Å². The molecule has 0 radical (unpaired) electrons. The SMILES string of the molecule is CN(CCc1ccccc1)C(=O)C(=O)Nc1cc(C2CC2)n(C)n1. The van der Waals surface area contributed by atoms with Gasteiger partial charge in [0.2, 0.25) is 0 Å². The number of amides is 2. The van der Waals surface area contributed by atoms with Crippen molar-refractivity contribution in [2.45, 2.75) is 25.2 Å². The Bertz CT molecular complexity index is 735. The molecule has 0 spiro atoms. The zero-order valence-corrected chi connectivity index (χ0v) is 14.0. The highest BCUT2D eigenvalue weighted by Gasteiger charge is 2.28. The molecule has 1 heterocycles. The lowest BCUT2D eigenvalue weighted by molar-refractivity contribution is -0.142. The van der Waals surface area contributed by atoms with E-state index in [2.05, 4.69) is 10.4 Å². The Balaban J connectivity index is 1.53. The maximum Gasteiger partial charge on any atom is 0.315 e. The number of benzene rings is 1. The third-order valence-corrected chi connectivity index (χ3v) is 4.27. The second-order valence-electron chi connectivity index (χ2n) is 6.27. The Labute approximate surface area is 141 Å². The lowest BCUT2D eigenvalue weighted by Crippen LogP contribution is -2.38. The van der Waals surface area contributed by atoms with Gasteiger partial charge in [0.05, 0.1) is 0 Å². The van der Waals surface area contributed by atoms with Crippen molar-refractivity contribution in [2.24, 2.45) is 7.05 Å². The second-order valence-corrected chi connectivity index (χ2v) is 6.27. The summed E-state index contributed by atoms with van der Waals surface area (Å²) in [6.45, 7) is 0.492. The van der Waals surface area contributed by atoms with Crippen molar-refractivity contribution in [3.63, 3.8) is 0 Å². The summed E-state index contributed by atoms with van der Waals surface area (Å²) >= 11 is 0. The summed E-state index contributed by atoms with van der Waals surface area (Å²) in [5.74, 6) is -0.220. The van der Waals surface area contributed by atoms with E-state index in [4.69, 9.17) is 0 Å². The average Bonchev–Trinajstić information content (AvgIpc) is 3.36. The van der Waals surface area contributed by atoms with E-state index in [1.54, 1.807) is 11.7 Å². The number of likely N-dealkylation sites (N-methyl/N-ethyl adjacent to an activating group) is 1. The van der Waals surface area contributed by atoms with Gasteiger partial charge >= 0.3 is 11.8 Å². The Morgan fingerprint density at radius 3 is 2.67 bits per heavy atom. The molecule has 1 fully saturated rings. The highest BCUT2D eigenvalue weighted by Crippen LogP contribution is 2.40. The summed E-state index contributed by atoms with van der Waals surface area (Å²) in [7, 11) is 3.50. The van der Waals surface area contributed by atoms with Gasteiger partial charge in [0.25, 0.3) is 0 Å². The van der Waals surface area contributed by atoms with Crippen LogP contribution in [-0.2, 0) is 23.1 Å². The molecule has 0 unspecified atom stereocenters. The molecule has 126 valence electrons. The molecule has 1 saturated carbocycles. The van der Waals surface area contributed by atoms with Crippen molar-refractivity contribution in [3.8, 4) is 0 Å². The van der Waals surface area contributed by atoms with Gasteiger partial charge in [-0.2, -0.15) is 5.10 Å². The number of aromatic nitrogens is 2. The third-order valence-electron chi connectivity index (χ3n) is 4.27. The molecule has 6 nitrogen and oxygen atoms in total. The zero-order chi connectivity index (χ0) is 17.1. The molecule has 0 saturated heterocycles. The van der Waals surface area contributed by atoms with Crippen LogP contribution in [-0.4, -0.2) is 40.1 Å². The number of nitrogens with zero attached hydrogens (tertiary/aromatic N) is 3. The first kappa shape index (κ1) is 16.2. The molecular formula is C18H22N4O2. The lowest BCUT2D eigenvalue weighted by atomic mass is 10.1. The number of carbonyl (C=O) groups is 2. The highest BCUT2D eigenvalue weighted by atomic mass is 16.2. The summed E-state index contributed by atoms with van der Waals surface area (Å²) in [6.07, 6.45) is 3.04. The van der Waals surface area contributed by atoms with Crippen LogP contribution in [0.25, 0.3) is 0 Å². The predicted molar refractivity (Wildman–Crippen MR) is 91.6 cm³/mol. The van der Waals surface area contributed by atoms with Crippen LogP contribution >= 0.6 is 0 Å². The van der Waals surface area contributed by atoms with Crippen LogP contribution < -0.4 is 5.32 Å². The van der Waals surface area contributed by atoms with Crippen LogP contribution in [0.15, 0.2) is 36.4 Å². The molecule has 2 amide bonds. The first-order chi connectivity index (χ1) is 11.5. The minimum absolute atomic E-state index is 0.439. The summed E-state index contributed by atoms with van der Waals surface area (Å²) in [5.41, 5.74) is 2.24. The van der Waals surface area contributed by atoms with Gasteiger partial charge < -0.3 is 10.2 Å². The molecular weight excluding hydrogens is 304 g/mol. The summed E-state index contributed by atoms with van der Waals surface area (Å²) in [6, 6.07) is 11.7. The fourth-order valence-corrected chi connectivity index (χ4v) is 2.69. The van der Waals surface area contributed by atoms with E-state index >= 15 is 0 Å². The van der Waals surface area contributed by atoms with Crippen LogP contribution in [0.5, 0.6) is 0 Å². The van der Waals surface area contributed by atoms with Gasteiger partial charge in [-0.3, -0.25) is 14.3 Å². The quantitative estimate of drug-likeness (QED) is 0.854. The molecule has 1 aliphatic carbocycles. The van der Waals surface area contributed by atoms with Crippen LogP contribution in [0, 0.1) is 0 Å². The monoisotopic (exact) mass is 326 g/mol. The molecule has 6 heteroatoms. The van der Waals surface area contributed by atoms with Gasteiger partial charge in [-0.05, 0) is 24.8 Å². The molecule has 1 N–H and O–H groups in total. The van der Waals surface area contributed by atoms with Crippen molar-refractivity contribution in [1.82, 2.24) is 14.7 Å². The van der Waals surface area contributed by atoms with Gasteiger partial charge in [0.15, 0.2) is 5.82 Å². The number of hydrogen-bond donors (Lipinski definition) is 1. The van der Waals surface area contributed by atoms with Gasteiger partial charge in [-0.25, -0.2) is 0 Å². The van der Waals surface area contributed by atoms with E-state index in [0.29, 0.717) is 24.7 Å². The van der Waals surface area contributed by atoms with E-state index in [0.717, 1.165) is 24.1 Å². The molecule has 1 aromatic carbocycles. The largest absolute Gasteiger partial charge is 0.337 e. The van der Waals surface area contributed by atoms with Crippen molar-refractivity contribution in [3.05, 3.63) is 47.7 Å². The normalized spacial score (nSPS) is 13.6. The first-order valence-corrected chi connectivity index (χ1v) is 8.19. The minimum atomic E-state index is -0.647. The number of hydrogen-bond acceptors (Lipinski definition) is 3. The Morgan fingerprint density at radius 2 is 2.00 bits per heavy atom. The van der Waals surface area contributed by atoms with Crippen molar-refractivity contribution in [1.29, 1.82) is 0 Å². The highest BCUT2D eigenvalue weighted by molar-refractivity contribution is 6.39. The first-order valence-electron chi connectivity index (χ1n) is 8.19. The van der Waals surface area contributed by atoms with Crippen LogP contribution in [0.3, 0.4) is 0 Å². The summed E-state index contributed by atoms with van der Waals surface area (Å²) in [5, 5.41) is 6.86. The van der Waals surface area contributed by atoms with Crippen molar-refractivity contribution in [2.75, 3.05) is 18.9 Å². The molecule has 2 aromatic rings. The van der Waals surface area contributed by atoms with Gasteiger partial charge in [0.1, 0.15) is 0 Å². The van der Waals surface area contributed by atoms with Crippen LogP contribution in [0.1, 0.15) is 30.0 Å². The summed E-state index contributed by atoms with van der Waals surface area (Å²) < 4.78 is 1.77. The molecule has 24 heavy (non-hydrogen) atoms. The van der Waals surface area contributed by atoms with Crippen molar-refractivity contribution < 1.29 is 9.59 Å². The van der Waals surface area contributed by atoms with Gasteiger partial charge in [-0.15, -0.1) is 0 Å². The standard InChI is InChI=1S/C18H22N4O2/c1-21(11-10-13-6-4-3-5-7-13)18(24)17(23)19-16-12-15(14-8-9-14)22(2)20-16/h3-7,12,14H,8-11H2,1-2H3,(H,19,20,23). The van der Waals surface area contributed by atoms with Gasteiger partial charge in [-0.1, -0.05) is 30.3 Å². The summed E-state index contributed by atoms with van der Waals surface area (Å²) in [4.78, 5) is 25.7. The molecule has 3 rings (SSSR count). The smallest absolute Gasteiger partial charge is 0.315 e.